The second-order valence-corrected chi connectivity index (χ2v) is 6.70. The minimum absolute atomic E-state index is 0.190. The standard InChI is InChI=1S/C13H21NO2/c1-13(6-10(14)12(15)16)4-8-2-7-3-9(5-13)11(7)8/h7-11H,2-6,14H2,1H3,(H,15,16)/t7?,8?,9?,10-,11?,13?/m0/s1. The summed E-state index contributed by atoms with van der Waals surface area (Å²) in [6, 6.07) is -0.669. The van der Waals surface area contributed by atoms with E-state index in [-0.39, 0.29) is 5.41 Å². The number of aliphatic carboxylic acids is 1. The summed E-state index contributed by atoms with van der Waals surface area (Å²) in [7, 11) is 0. The van der Waals surface area contributed by atoms with Crippen LogP contribution in [0, 0.1) is 29.1 Å². The molecule has 0 radical (unpaired) electrons. The van der Waals surface area contributed by atoms with Crippen molar-refractivity contribution in [1.29, 1.82) is 0 Å². The Morgan fingerprint density at radius 2 is 1.94 bits per heavy atom. The first-order valence-corrected chi connectivity index (χ1v) is 6.47. The van der Waals surface area contributed by atoms with E-state index in [0.717, 1.165) is 23.7 Å². The van der Waals surface area contributed by atoms with Gasteiger partial charge in [0.1, 0.15) is 6.04 Å². The predicted molar refractivity (Wildman–Crippen MR) is 60.8 cm³/mol. The molecule has 0 saturated heterocycles. The molecular formula is C13H21NO2. The highest BCUT2D eigenvalue weighted by Crippen LogP contribution is 2.67. The molecule has 3 atom stereocenters. The van der Waals surface area contributed by atoms with Crippen molar-refractivity contribution in [3.8, 4) is 0 Å². The fourth-order valence-electron chi connectivity index (χ4n) is 4.84. The van der Waals surface area contributed by atoms with Crippen LogP contribution >= 0.6 is 0 Å². The summed E-state index contributed by atoms with van der Waals surface area (Å²) in [5.74, 6) is 2.98. The minimum atomic E-state index is -0.844. The van der Waals surface area contributed by atoms with Crippen molar-refractivity contribution in [2.75, 3.05) is 0 Å². The zero-order valence-electron chi connectivity index (χ0n) is 9.86. The van der Waals surface area contributed by atoms with E-state index < -0.39 is 12.0 Å². The van der Waals surface area contributed by atoms with E-state index in [9.17, 15) is 4.79 Å². The van der Waals surface area contributed by atoms with Crippen LogP contribution in [-0.4, -0.2) is 17.1 Å². The third-order valence-corrected chi connectivity index (χ3v) is 5.38. The maximum atomic E-state index is 10.8. The molecule has 3 rings (SSSR count). The van der Waals surface area contributed by atoms with E-state index in [0.29, 0.717) is 6.42 Å². The Kier molecular flexibility index (Phi) is 2.13. The average Bonchev–Trinajstić information content (AvgIpc) is 2.10. The zero-order valence-corrected chi connectivity index (χ0v) is 9.86. The normalized spacial score (nSPS) is 50.9. The topological polar surface area (TPSA) is 63.3 Å². The maximum Gasteiger partial charge on any atom is 0.320 e. The van der Waals surface area contributed by atoms with E-state index in [1.54, 1.807) is 0 Å². The maximum absolute atomic E-state index is 10.8. The molecule has 3 aliphatic rings. The molecule has 0 aromatic heterocycles. The molecule has 0 spiro atoms. The second-order valence-electron chi connectivity index (χ2n) is 6.70. The van der Waals surface area contributed by atoms with Gasteiger partial charge in [-0.25, -0.2) is 0 Å². The van der Waals surface area contributed by atoms with Gasteiger partial charge in [-0.2, -0.15) is 0 Å². The highest BCUT2D eigenvalue weighted by atomic mass is 16.4. The van der Waals surface area contributed by atoms with Crippen molar-refractivity contribution < 1.29 is 9.90 Å². The van der Waals surface area contributed by atoms with Gasteiger partial charge in [0.25, 0.3) is 0 Å². The lowest BCUT2D eigenvalue weighted by atomic mass is 9.40. The highest BCUT2D eigenvalue weighted by Gasteiger charge is 2.59. The van der Waals surface area contributed by atoms with Crippen LogP contribution in [0.2, 0.25) is 0 Å². The molecule has 3 heteroatoms. The molecule has 3 aliphatic carbocycles. The number of carbonyl (C=O) groups is 1. The lowest BCUT2D eigenvalue weighted by Crippen LogP contribution is -2.58. The van der Waals surface area contributed by atoms with Crippen LogP contribution in [0.5, 0.6) is 0 Å². The Balaban J connectivity index is 1.66. The number of carboxylic acid groups (broad SMARTS) is 1. The Hall–Kier alpha value is -0.570. The van der Waals surface area contributed by atoms with Gasteiger partial charge in [-0.15, -0.1) is 0 Å². The Morgan fingerprint density at radius 1 is 1.38 bits per heavy atom. The highest BCUT2D eigenvalue weighted by molar-refractivity contribution is 5.73. The molecule has 0 heterocycles. The van der Waals surface area contributed by atoms with Crippen LogP contribution in [0.1, 0.15) is 39.0 Å². The van der Waals surface area contributed by atoms with E-state index >= 15 is 0 Å². The lowest BCUT2D eigenvalue weighted by molar-refractivity contribution is -0.163. The molecule has 0 aliphatic heterocycles. The average molecular weight is 223 g/mol. The van der Waals surface area contributed by atoms with Crippen LogP contribution in [0.25, 0.3) is 0 Å². The van der Waals surface area contributed by atoms with Crippen molar-refractivity contribution in [3.05, 3.63) is 0 Å². The third kappa shape index (κ3) is 1.41. The first-order valence-electron chi connectivity index (χ1n) is 6.47. The van der Waals surface area contributed by atoms with E-state index in [4.69, 9.17) is 10.8 Å². The lowest BCUT2D eigenvalue weighted by Gasteiger charge is -2.65. The predicted octanol–water partition coefficient (Wildman–Crippen LogP) is 1.86. The Bertz CT molecular complexity index is 312. The summed E-state index contributed by atoms with van der Waals surface area (Å²) in [6.07, 6.45) is 5.89. The first kappa shape index (κ1) is 10.6. The molecule has 2 unspecified atom stereocenters. The largest absolute Gasteiger partial charge is 0.480 e. The minimum Gasteiger partial charge on any atom is -0.480 e. The van der Waals surface area contributed by atoms with Crippen molar-refractivity contribution in [2.24, 2.45) is 34.8 Å². The van der Waals surface area contributed by atoms with Gasteiger partial charge in [0.2, 0.25) is 0 Å². The second kappa shape index (κ2) is 3.22. The van der Waals surface area contributed by atoms with Gasteiger partial charge >= 0.3 is 5.97 Å². The molecule has 3 N–H and O–H groups in total. The quantitative estimate of drug-likeness (QED) is 0.767. The Morgan fingerprint density at radius 3 is 2.38 bits per heavy atom. The molecule has 3 fully saturated rings. The molecule has 3 nitrogen and oxygen atoms in total. The van der Waals surface area contributed by atoms with Gasteiger partial charge in [-0.3, -0.25) is 4.79 Å². The third-order valence-electron chi connectivity index (χ3n) is 5.38. The van der Waals surface area contributed by atoms with Gasteiger partial charge < -0.3 is 10.8 Å². The molecule has 0 aromatic rings. The zero-order chi connectivity index (χ0) is 11.5. The number of nitrogens with two attached hydrogens (primary N) is 1. The van der Waals surface area contributed by atoms with Crippen LogP contribution in [-0.2, 0) is 4.79 Å². The molecule has 0 aromatic carbocycles. The van der Waals surface area contributed by atoms with E-state index in [2.05, 4.69) is 6.92 Å². The summed E-state index contributed by atoms with van der Waals surface area (Å²) in [5.41, 5.74) is 5.88. The van der Waals surface area contributed by atoms with Gasteiger partial charge in [0, 0.05) is 0 Å². The number of hydrogen-bond acceptors (Lipinski definition) is 2. The summed E-state index contributed by atoms with van der Waals surface area (Å²) in [5, 5.41) is 8.91. The van der Waals surface area contributed by atoms with Crippen LogP contribution in [0.15, 0.2) is 0 Å². The van der Waals surface area contributed by atoms with E-state index in [1.165, 1.54) is 25.7 Å². The number of carboxylic acids is 1. The molecule has 0 bridgehead atoms. The number of hydrogen-bond donors (Lipinski definition) is 2. The summed E-state index contributed by atoms with van der Waals surface area (Å²) in [4.78, 5) is 10.8. The van der Waals surface area contributed by atoms with Crippen LogP contribution in [0.4, 0.5) is 0 Å². The number of rotatable bonds is 3. The van der Waals surface area contributed by atoms with Crippen LogP contribution < -0.4 is 5.73 Å². The van der Waals surface area contributed by atoms with Crippen molar-refractivity contribution >= 4 is 5.97 Å². The van der Waals surface area contributed by atoms with Crippen LogP contribution in [0.3, 0.4) is 0 Å². The molecule has 16 heavy (non-hydrogen) atoms. The van der Waals surface area contributed by atoms with Crippen molar-refractivity contribution in [2.45, 2.75) is 45.1 Å². The molecule has 90 valence electrons. The molecular weight excluding hydrogens is 202 g/mol. The smallest absolute Gasteiger partial charge is 0.320 e. The van der Waals surface area contributed by atoms with Gasteiger partial charge in [-0.05, 0) is 61.2 Å². The molecule has 0 amide bonds. The fourth-order valence-corrected chi connectivity index (χ4v) is 4.84. The summed E-state index contributed by atoms with van der Waals surface area (Å²) < 4.78 is 0. The summed E-state index contributed by atoms with van der Waals surface area (Å²) in [6.45, 7) is 2.25. The first-order chi connectivity index (χ1) is 7.48. The monoisotopic (exact) mass is 223 g/mol. The van der Waals surface area contributed by atoms with Crippen molar-refractivity contribution in [3.63, 3.8) is 0 Å². The van der Waals surface area contributed by atoms with Gasteiger partial charge in [0.05, 0.1) is 0 Å². The van der Waals surface area contributed by atoms with Crippen molar-refractivity contribution in [1.82, 2.24) is 0 Å². The Labute approximate surface area is 96.4 Å². The van der Waals surface area contributed by atoms with Gasteiger partial charge in [-0.1, -0.05) is 6.92 Å². The van der Waals surface area contributed by atoms with E-state index in [1.807, 2.05) is 0 Å². The SMILES string of the molecule is CC1(C[C@H](N)C(=O)O)CC2CC3CC(C1)C32. The summed E-state index contributed by atoms with van der Waals surface area (Å²) >= 11 is 0. The molecule has 3 saturated carbocycles. The van der Waals surface area contributed by atoms with Gasteiger partial charge in [0.15, 0.2) is 0 Å². The fraction of sp³-hybridized carbons (Fsp3) is 0.923.